The normalized spacial score (nSPS) is 12.2. The standard InChI is InChI=1S/C11H15NO2/c1-8-5-4-6-10(7-8)12(3)9(2)11(13)14/h4-7,9H,1-3H3,(H,13,14). The smallest absolute Gasteiger partial charge is 0.326 e. The second kappa shape index (κ2) is 4.13. The summed E-state index contributed by atoms with van der Waals surface area (Å²) in [6, 6.07) is 7.29. The Labute approximate surface area is 84.0 Å². The largest absolute Gasteiger partial charge is 0.480 e. The van der Waals surface area contributed by atoms with E-state index in [0.717, 1.165) is 11.3 Å². The van der Waals surface area contributed by atoms with Gasteiger partial charge in [-0.2, -0.15) is 0 Å². The highest BCUT2D eigenvalue weighted by molar-refractivity contribution is 5.77. The maximum absolute atomic E-state index is 10.8. The molecule has 0 heterocycles. The molecule has 1 unspecified atom stereocenters. The highest BCUT2D eigenvalue weighted by atomic mass is 16.4. The third-order valence-electron chi connectivity index (χ3n) is 2.35. The topological polar surface area (TPSA) is 40.5 Å². The molecule has 0 spiro atoms. The minimum Gasteiger partial charge on any atom is -0.480 e. The molecule has 0 aromatic heterocycles. The van der Waals surface area contributed by atoms with Gasteiger partial charge in [-0.05, 0) is 31.5 Å². The maximum atomic E-state index is 10.8. The van der Waals surface area contributed by atoms with Crippen molar-refractivity contribution in [1.82, 2.24) is 0 Å². The number of likely N-dealkylation sites (N-methyl/N-ethyl adjacent to an activating group) is 1. The van der Waals surface area contributed by atoms with Crippen molar-refractivity contribution in [2.45, 2.75) is 19.9 Å². The Kier molecular flexibility index (Phi) is 3.12. The molecule has 76 valence electrons. The number of anilines is 1. The fourth-order valence-electron chi connectivity index (χ4n) is 1.24. The van der Waals surface area contributed by atoms with Gasteiger partial charge in [0.15, 0.2) is 0 Å². The fraction of sp³-hybridized carbons (Fsp3) is 0.364. The lowest BCUT2D eigenvalue weighted by molar-refractivity contribution is -0.138. The Balaban J connectivity index is 2.89. The Morgan fingerprint density at radius 2 is 2.14 bits per heavy atom. The van der Waals surface area contributed by atoms with Crippen LogP contribution in [0.3, 0.4) is 0 Å². The summed E-state index contributed by atoms with van der Waals surface area (Å²) >= 11 is 0. The first kappa shape index (κ1) is 10.6. The van der Waals surface area contributed by atoms with E-state index in [4.69, 9.17) is 5.11 Å². The molecule has 1 aromatic rings. The number of carbonyl (C=O) groups is 1. The summed E-state index contributed by atoms with van der Waals surface area (Å²) in [5.41, 5.74) is 2.06. The third kappa shape index (κ3) is 2.25. The van der Waals surface area contributed by atoms with E-state index in [2.05, 4.69) is 0 Å². The molecule has 3 heteroatoms. The van der Waals surface area contributed by atoms with Gasteiger partial charge in [0.2, 0.25) is 0 Å². The number of carboxylic acid groups (broad SMARTS) is 1. The van der Waals surface area contributed by atoms with E-state index in [-0.39, 0.29) is 0 Å². The first-order chi connectivity index (χ1) is 6.52. The molecule has 0 saturated carbocycles. The Bertz CT molecular complexity index is 336. The second-order valence-corrected chi connectivity index (χ2v) is 3.46. The molecule has 0 aliphatic carbocycles. The molecule has 1 N–H and O–H groups in total. The molecule has 0 amide bonds. The van der Waals surface area contributed by atoms with Crippen LogP contribution in [0, 0.1) is 6.92 Å². The van der Waals surface area contributed by atoms with E-state index in [1.807, 2.05) is 31.2 Å². The van der Waals surface area contributed by atoms with Gasteiger partial charge >= 0.3 is 5.97 Å². The Morgan fingerprint density at radius 3 is 2.64 bits per heavy atom. The van der Waals surface area contributed by atoms with Crippen molar-refractivity contribution in [3.8, 4) is 0 Å². The van der Waals surface area contributed by atoms with Crippen molar-refractivity contribution >= 4 is 11.7 Å². The molecule has 0 aliphatic heterocycles. The van der Waals surface area contributed by atoms with E-state index in [9.17, 15) is 4.79 Å². The number of hydrogen-bond acceptors (Lipinski definition) is 2. The summed E-state index contributed by atoms with van der Waals surface area (Å²) < 4.78 is 0. The summed E-state index contributed by atoms with van der Waals surface area (Å²) in [6.07, 6.45) is 0. The lowest BCUT2D eigenvalue weighted by atomic mass is 10.2. The van der Waals surface area contributed by atoms with Crippen molar-refractivity contribution in [1.29, 1.82) is 0 Å². The highest BCUT2D eigenvalue weighted by Gasteiger charge is 2.16. The Hall–Kier alpha value is -1.51. The number of aryl methyl sites for hydroxylation is 1. The minimum atomic E-state index is -0.811. The van der Waals surface area contributed by atoms with Crippen LogP contribution in [0.1, 0.15) is 12.5 Å². The van der Waals surface area contributed by atoms with Crippen LogP contribution in [0.5, 0.6) is 0 Å². The van der Waals surface area contributed by atoms with Crippen molar-refractivity contribution in [2.24, 2.45) is 0 Å². The van der Waals surface area contributed by atoms with Crippen LogP contribution in [0.2, 0.25) is 0 Å². The summed E-state index contributed by atoms with van der Waals surface area (Å²) in [5.74, 6) is -0.811. The molecule has 1 atom stereocenters. The van der Waals surface area contributed by atoms with Gasteiger partial charge in [0.05, 0.1) is 0 Å². The van der Waals surface area contributed by atoms with Gasteiger partial charge in [0.1, 0.15) is 6.04 Å². The van der Waals surface area contributed by atoms with Gasteiger partial charge in [0.25, 0.3) is 0 Å². The van der Waals surface area contributed by atoms with Crippen LogP contribution in [-0.2, 0) is 4.79 Å². The third-order valence-corrected chi connectivity index (χ3v) is 2.35. The van der Waals surface area contributed by atoms with Crippen molar-refractivity contribution in [2.75, 3.05) is 11.9 Å². The molecule has 0 fully saturated rings. The fourth-order valence-corrected chi connectivity index (χ4v) is 1.24. The SMILES string of the molecule is Cc1cccc(N(C)C(C)C(=O)O)c1. The molecule has 14 heavy (non-hydrogen) atoms. The number of carboxylic acids is 1. The first-order valence-electron chi connectivity index (χ1n) is 4.54. The summed E-state index contributed by atoms with van der Waals surface area (Å²) in [7, 11) is 1.79. The van der Waals surface area contributed by atoms with Crippen LogP contribution in [-0.4, -0.2) is 24.2 Å². The van der Waals surface area contributed by atoms with Gasteiger partial charge in [-0.25, -0.2) is 4.79 Å². The lowest BCUT2D eigenvalue weighted by Gasteiger charge is -2.23. The van der Waals surface area contributed by atoms with Crippen LogP contribution in [0.15, 0.2) is 24.3 Å². The maximum Gasteiger partial charge on any atom is 0.326 e. The van der Waals surface area contributed by atoms with Gasteiger partial charge < -0.3 is 10.0 Å². The van der Waals surface area contributed by atoms with Crippen molar-refractivity contribution < 1.29 is 9.90 Å². The predicted octanol–water partition coefficient (Wildman–Crippen LogP) is 1.90. The molecule has 0 radical (unpaired) electrons. The van der Waals surface area contributed by atoms with E-state index >= 15 is 0 Å². The highest BCUT2D eigenvalue weighted by Crippen LogP contribution is 2.16. The van der Waals surface area contributed by atoms with Gasteiger partial charge in [0, 0.05) is 12.7 Å². The lowest BCUT2D eigenvalue weighted by Crippen LogP contribution is -2.35. The molecule has 0 aliphatic rings. The zero-order valence-corrected chi connectivity index (χ0v) is 8.69. The zero-order valence-electron chi connectivity index (χ0n) is 8.69. The van der Waals surface area contributed by atoms with E-state index in [1.165, 1.54) is 0 Å². The molecule has 0 bridgehead atoms. The summed E-state index contributed by atoms with van der Waals surface area (Å²) in [5, 5.41) is 8.84. The molecule has 3 nitrogen and oxygen atoms in total. The van der Waals surface area contributed by atoms with Gasteiger partial charge in [-0.3, -0.25) is 0 Å². The number of aliphatic carboxylic acids is 1. The van der Waals surface area contributed by atoms with Crippen LogP contribution in [0.25, 0.3) is 0 Å². The average molecular weight is 193 g/mol. The molecular formula is C11H15NO2. The van der Waals surface area contributed by atoms with E-state index < -0.39 is 12.0 Å². The zero-order chi connectivity index (χ0) is 10.7. The average Bonchev–Trinajstić information content (AvgIpc) is 2.15. The Morgan fingerprint density at radius 1 is 1.50 bits per heavy atom. The molecule has 1 aromatic carbocycles. The monoisotopic (exact) mass is 193 g/mol. The predicted molar refractivity (Wildman–Crippen MR) is 56.7 cm³/mol. The second-order valence-electron chi connectivity index (χ2n) is 3.46. The van der Waals surface area contributed by atoms with Crippen LogP contribution < -0.4 is 4.90 Å². The van der Waals surface area contributed by atoms with Crippen molar-refractivity contribution in [3.05, 3.63) is 29.8 Å². The molecule has 1 rings (SSSR count). The number of rotatable bonds is 3. The molecule has 0 saturated heterocycles. The number of benzene rings is 1. The number of hydrogen-bond donors (Lipinski definition) is 1. The van der Waals surface area contributed by atoms with Gasteiger partial charge in [-0.1, -0.05) is 12.1 Å². The minimum absolute atomic E-state index is 0.503. The molecular weight excluding hydrogens is 178 g/mol. The van der Waals surface area contributed by atoms with Crippen molar-refractivity contribution in [3.63, 3.8) is 0 Å². The van der Waals surface area contributed by atoms with E-state index in [0.29, 0.717) is 0 Å². The van der Waals surface area contributed by atoms with Crippen LogP contribution in [0.4, 0.5) is 5.69 Å². The van der Waals surface area contributed by atoms with E-state index in [1.54, 1.807) is 18.9 Å². The van der Waals surface area contributed by atoms with Gasteiger partial charge in [-0.15, -0.1) is 0 Å². The summed E-state index contributed by atoms with van der Waals surface area (Å²) in [4.78, 5) is 12.5. The van der Waals surface area contributed by atoms with Crippen LogP contribution >= 0.6 is 0 Å². The first-order valence-corrected chi connectivity index (χ1v) is 4.54. The summed E-state index contributed by atoms with van der Waals surface area (Å²) in [6.45, 7) is 3.66. The number of nitrogens with zero attached hydrogens (tertiary/aromatic N) is 1. The quantitative estimate of drug-likeness (QED) is 0.797.